The number of aromatic nitrogens is 1. The highest BCUT2D eigenvalue weighted by Crippen LogP contribution is 2.12. The second kappa shape index (κ2) is 6.21. The Morgan fingerprint density at radius 1 is 1.28 bits per heavy atom. The van der Waals surface area contributed by atoms with Gasteiger partial charge in [-0.15, -0.1) is 0 Å². The number of methoxy groups -OCH3 is 1. The Hall–Kier alpha value is -1.81. The monoisotopic (exact) mass is 246 g/mol. The summed E-state index contributed by atoms with van der Waals surface area (Å²) in [4.78, 5) is 14.7. The lowest BCUT2D eigenvalue weighted by Gasteiger charge is -2.07. The Bertz CT molecular complexity index is 563. The maximum atomic E-state index is 11.8. The van der Waals surface area contributed by atoms with Crippen LogP contribution in [0.3, 0.4) is 0 Å². The predicted octanol–water partition coefficient (Wildman–Crippen LogP) is 2.37. The first-order valence-electron chi connectivity index (χ1n) is 6.16. The summed E-state index contributed by atoms with van der Waals surface area (Å²) in [5, 5.41) is 4.91. The molecule has 4 heteroatoms. The van der Waals surface area contributed by atoms with E-state index in [0.29, 0.717) is 0 Å². The largest absolute Gasteiger partial charge is 0.385 e. The van der Waals surface area contributed by atoms with Crippen LogP contribution in [0.1, 0.15) is 12.8 Å². The normalized spacial score (nSPS) is 10.7. The van der Waals surface area contributed by atoms with Crippen LogP contribution in [-0.2, 0) is 4.74 Å². The van der Waals surface area contributed by atoms with Gasteiger partial charge in [-0.05, 0) is 30.4 Å². The third-order valence-corrected chi connectivity index (χ3v) is 2.84. The maximum Gasteiger partial charge on any atom is 0.257 e. The third-order valence-electron chi connectivity index (χ3n) is 2.84. The first-order chi connectivity index (χ1) is 8.81. The van der Waals surface area contributed by atoms with Crippen LogP contribution in [0.15, 0.2) is 35.1 Å². The SMILES string of the molecule is COCCCCNc1cc2ccccc2c(=O)[nH]1. The van der Waals surface area contributed by atoms with Crippen molar-refractivity contribution in [2.45, 2.75) is 12.8 Å². The van der Waals surface area contributed by atoms with Gasteiger partial charge >= 0.3 is 0 Å². The molecule has 1 aromatic carbocycles. The molecular formula is C14H18N2O2. The number of hydrogen-bond acceptors (Lipinski definition) is 3. The van der Waals surface area contributed by atoms with Gasteiger partial charge in [0.05, 0.1) is 0 Å². The average Bonchev–Trinajstić information content (AvgIpc) is 2.39. The minimum atomic E-state index is -0.0486. The molecular weight excluding hydrogens is 228 g/mol. The fourth-order valence-electron chi connectivity index (χ4n) is 1.90. The Balaban J connectivity index is 2.03. The molecule has 0 bridgehead atoms. The number of pyridine rings is 1. The zero-order chi connectivity index (χ0) is 12.8. The van der Waals surface area contributed by atoms with Gasteiger partial charge in [-0.3, -0.25) is 4.79 Å². The Morgan fingerprint density at radius 2 is 2.11 bits per heavy atom. The molecule has 0 saturated heterocycles. The average molecular weight is 246 g/mol. The van der Waals surface area contributed by atoms with Crippen LogP contribution in [-0.4, -0.2) is 25.2 Å². The molecule has 0 atom stereocenters. The molecule has 2 N–H and O–H groups in total. The Labute approximate surface area is 106 Å². The van der Waals surface area contributed by atoms with Crippen molar-refractivity contribution < 1.29 is 4.74 Å². The first kappa shape index (κ1) is 12.6. The first-order valence-corrected chi connectivity index (χ1v) is 6.16. The number of anilines is 1. The molecule has 0 amide bonds. The second-order valence-electron chi connectivity index (χ2n) is 4.23. The summed E-state index contributed by atoms with van der Waals surface area (Å²) in [5.41, 5.74) is -0.0486. The number of nitrogens with one attached hydrogen (secondary N) is 2. The third kappa shape index (κ3) is 3.11. The topological polar surface area (TPSA) is 54.1 Å². The van der Waals surface area contributed by atoms with Crippen molar-refractivity contribution in [3.8, 4) is 0 Å². The van der Waals surface area contributed by atoms with E-state index >= 15 is 0 Å². The van der Waals surface area contributed by atoms with Crippen molar-refractivity contribution in [3.05, 3.63) is 40.7 Å². The summed E-state index contributed by atoms with van der Waals surface area (Å²) in [5.74, 6) is 0.774. The maximum absolute atomic E-state index is 11.8. The van der Waals surface area contributed by atoms with E-state index in [1.807, 2.05) is 30.3 Å². The van der Waals surface area contributed by atoms with Gasteiger partial charge in [-0.2, -0.15) is 0 Å². The summed E-state index contributed by atoms with van der Waals surface area (Å²) in [7, 11) is 1.70. The number of benzene rings is 1. The standard InChI is InChI=1S/C14H18N2O2/c1-18-9-5-4-8-15-13-10-11-6-2-3-7-12(11)14(17)16-13/h2-3,6-7,10H,4-5,8-9H2,1H3,(H2,15,16,17). The van der Waals surface area contributed by atoms with Gasteiger partial charge in [0.15, 0.2) is 0 Å². The molecule has 0 saturated carbocycles. The van der Waals surface area contributed by atoms with E-state index in [9.17, 15) is 4.79 Å². The minimum absolute atomic E-state index is 0.0486. The second-order valence-corrected chi connectivity index (χ2v) is 4.23. The molecule has 1 heterocycles. The van der Waals surface area contributed by atoms with Crippen LogP contribution >= 0.6 is 0 Å². The number of ether oxygens (including phenoxy) is 1. The highest BCUT2D eigenvalue weighted by Gasteiger charge is 2.00. The number of rotatable bonds is 6. The van der Waals surface area contributed by atoms with Gasteiger partial charge in [-0.1, -0.05) is 18.2 Å². The van der Waals surface area contributed by atoms with Gasteiger partial charge in [0.1, 0.15) is 5.82 Å². The molecule has 0 radical (unpaired) electrons. The molecule has 4 nitrogen and oxygen atoms in total. The lowest BCUT2D eigenvalue weighted by Crippen LogP contribution is -2.11. The van der Waals surface area contributed by atoms with Crippen LogP contribution in [0.4, 0.5) is 5.82 Å². The molecule has 2 aromatic rings. The molecule has 0 fully saturated rings. The van der Waals surface area contributed by atoms with Crippen molar-refractivity contribution in [2.24, 2.45) is 0 Å². The van der Waals surface area contributed by atoms with E-state index in [2.05, 4.69) is 10.3 Å². The van der Waals surface area contributed by atoms with Crippen LogP contribution in [0, 0.1) is 0 Å². The van der Waals surface area contributed by atoms with E-state index in [-0.39, 0.29) is 5.56 Å². The van der Waals surface area contributed by atoms with E-state index in [1.54, 1.807) is 7.11 Å². The lowest BCUT2D eigenvalue weighted by molar-refractivity contribution is 0.194. The van der Waals surface area contributed by atoms with E-state index in [1.165, 1.54) is 0 Å². The van der Waals surface area contributed by atoms with Crippen LogP contribution in [0.25, 0.3) is 10.8 Å². The summed E-state index contributed by atoms with van der Waals surface area (Å²) in [6, 6.07) is 9.55. The molecule has 0 aliphatic rings. The Morgan fingerprint density at radius 3 is 2.94 bits per heavy atom. The number of aromatic amines is 1. The lowest BCUT2D eigenvalue weighted by atomic mass is 10.2. The van der Waals surface area contributed by atoms with Crippen molar-refractivity contribution in [3.63, 3.8) is 0 Å². The zero-order valence-corrected chi connectivity index (χ0v) is 10.5. The molecule has 0 spiro atoms. The van der Waals surface area contributed by atoms with Crippen molar-refractivity contribution in [1.82, 2.24) is 4.98 Å². The van der Waals surface area contributed by atoms with Crippen LogP contribution in [0.5, 0.6) is 0 Å². The van der Waals surface area contributed by atoms with Gasteiger partial charge in [0.25, 0.3) is 5.56 Å². The molecule has 0 aliphatic carbocycles. The van der Waals surface area contributed by atoms with Crippen molar-refractivity contribution in [1.29, 1.82) is 0 Å². The highest BCUT2D eigenvalue weighted by atomic mass is 16.5. The fourth-order valence-corrected chi connectivity index (χ4v) is 1.90. The fraction of sp³-hybridized carbons (Fsp3) is 0.357. The smallest absolute Gasteiger partial charge is 0.257 e. The number of unbranched alkanes of at least 4 members (excludes halogenated alkanes) is 1. The van der Waals surface area contributed by atoms with E-state index < -0.39 is 0 Å². The molecule has 2 rings (SSSR count). The van der Waals surface area contributed by atoms with Crippen LogP contribution < -0.4 is 10.9 Å². The zero-order valence-electron chi connectivity index (χ0n) is 10.5. The van der Waals surface area contributed by atoms with Crippen molar-refractivity contribution in [2.75, 3.05) is 25.6 Å². The van der Waals surface area contributed by atoms with Crippen molar-refractivity contribution >= 4 is 16.6 Å². The van der Waals surface area contributed by atoms with Gasteiger partial charge < -0.3 is 15.0 Å². The Kier molecular flexibility index (Phi) is 4.36. The summed E-state index contributed by atoms with van der Waals surface area (Å²) in [6.07, 6.45) is 2.03. The molecule has 18 heavy (non-hydrogen) atoms. The van der Waals surface area contributed by atoms with Gasteiger partial charge in [0.2, 0.25) is 0 Å². The van der Waals surface area contributed by atoms with Gasteiger partial charge in [0, 0.05) is 25.6 Å². The molecule has 0 unspecified atom stereocenters. The number of fused-ring (bicyclic) bond motifs is 1. The minimum Gasteiger partial charge on any atom is -0.385 e. The summed E-state index contributed by atoms with van der Waals surface area (Å²) in [6.45, 7) is 1.60. The van der Waals surface area contributed by atoms with E-state index in [4.69, 9.17) is 4.74 Å². The van der Waals surface area contributed by atoms with Gasteiger partial charge in [-0.25, -0.2) is 0 Å². The molecule has 1 aromatic heterocycles. The number of hydrogen-bond donors (Lipinski definition) is 2. The predicted molar refractivity (Wildman–Crippen MR) is 74.2 cm³/mol. The summed E-state index contributed by atoms with van der Waals surface area (Å²) < 4.78 is 4.99. The highest BCUT2D eigenvalue weighted by molar-refractivity contribution is 5.83. The quantitative estimate of drug-likeness (QED) is 0.769. The molecule has 96 valence electrons. The van der Waals surface area contributed by atoms with E-state index in [0.717, 1.165) is 42.6 Å². The molecule has 0 aliphatic heterocycles. The van der Waals surface area contributed by atoms with Crippen LogP contribution in [0.2, 0.25) is 0 Å². The number of H-pyrrole nitrogens is 1. The summed E-state index contributed by atoms with van der Waals surface area (Å²) >= 11 is 0.